The minimum Gasteiger partial charge on any atom is -0.350 e. The van der Waals surface area contributed by atoms with Gasteiger partial charge in [-0.05, 0) is 62.7 Å². The molecule has 1 amide bonds. The van der Waals surface area contributed by atoms with Crippen LogP contribution in [0.25, 0.3) is 0 Å². The van der Waals surface area contributed by atoms with Crippen LogP contribution in [0, 0.1) is 0 Å². The Morgan fingerprint density at radius 1 is 1.11 bits per heavy atom. The van der Waals surface area contributed by atoms with Crippen LogP contribution in [0.5, 0.6) is 0 Å². The summed E-state index contributed by atoms with van der Waals surface area (Å²) in [7, 11) is -3.93. The number of nitrogens with zero attached hydrogens (tertiary/aromatic N) is 1. The highest BCUT2D eigenvalue weighted by Crippen LogP contribution is 2.26. The van der Waals surface area contributed by atoms with Gasteiger partial charge in [-0.3, -0.25) is 4.79 Å². The normalized spacial score (nSPS) is 12.2. The van der Waals surface area contributed by atoms with Gasteiger partial charge in [-0.1, -0.05) is 45.2 Å². The summed E-state index contributed by atoms with van der Waals surface area (Å²) in [6.45, 7) is 5.08. The molecule has 0 aliphatic rings. The molecule has 0 spiro atoms. The molecular formula is C19H21BrCl2N2O3S. The van der Waals surface area contributed by atoms with E-state index >= 15 is 0 Å². The van der Waals surface area contributed by atoms with Gasteiger partial charge >= 0.3 is 0 Å². The molecule has 2 rings (SSSR count). The predicted molar refractivity (Wildman–Crippen MR) is 116 cm³/mol. The van der Waals surface area contributed by atoms with Gasteiger partial charge in [0.2, 0.25) is 15.9 Å². The summed E-state index contributed by atoms with van der Waals surface area (Å²) in [5, 5.41) is 3.56. The number of benzene rings is 2. The van der Waals surface area contributed by atoms with Gasteiger partial charge in [-0.15, -0.1) is 0 Å². The molecule has 0 saturated heterocycles. The molecule has 0 heterocycles. The third-order valence-electron chi connectivity index (χ3n) is 3.65. The minimum atomic E-state index is -3.93. The zero-order valence-electron chi connectivity index (χ0n) is 15.7. The second-order valence-corrected chi connectivity index (χ2v) is 11.0. The van der Waals surface area contributed by atoms with Crippen LogP contribution in [0.15, 0.2) is 51.8 Å². The van der Waals surface area contributed by atoms with Crippen LogP contribution in [-0.4, -0.2) is 30.7 Å². The number of carbonyl (C=O) groups excluding carboxylic acids is 1. The van der Waals surface area contributed by atoms with Crippen LogP contribution in [0.1, 0.15) is 26.3 Å². The SMILES string of the molecule is CC(C)(C)NC(=O)CN(Cc1ccc(Cl)cc1Cl)S(=O)(=O)c1ccc(Br)cc1. The summed E-state index contributed by atoms with van der Waals surface area (Å²) in [6, 6.07) is 11.1. The lowest BCUT2D eigenvalue weighted by Crippen LogP contribution is -2.47. The van der Waals surface area contributed by atoms with Gasteiger partial charge in [0.15, 0.2) is 0 Å². The molecule has 0 bridgehead atoms. The number of sulfonamides is 1. The lowest BCUT2D eigenvalue weighted by Gasteiger charge is -2.26. The van der Waals surface area contributed by atoms with Crippen LogP contribution >= 0.6 is 39.1 Å². The Morgan fingerprint density at radius 3 is 2.25 bits per heavy atom. The van der Waals surface area contributed by atoms with Gasteiger partial charge in [0.05, 0.1) is 11.4 Å². The van der Waals surface area contributed by atoms with Gasteiger partial charge in [-0.2, -0.15) is 4.31 Å². The molecule has 0 aliphatic heterocycles. The molecule has 0 fully saturated rings. The number of halogens is 3. The molecule has 1 N–H and O–H groups in total. The van der Waals surface area contributed by atoms with Crippen molar-refractivity contribution in [1.82, 2.24) is 9.62 Å². The number of nitrogens with one attached hydrogen (secondary N) is 1. The maximum absolute atomic E-state index is 13.2. The zero-order chi connectivity index (χ0) is 21.1. The first-order chi connectivity index (χ1) is 12.9. The van der Waals surface area contributed by atoms with Gasteiger partial charge in [-0.25, -0.2) is 8.42 Å². The van der Waals surface area contributed by atoms with E-state index in [1.54, 1.807) is 24.3 Å². The Bertz CT molecular complexity index is 958. The Labute approximate surface area is 184 Å². The van der Waals surface area contributed by atoms with Crippen LogP contribution in [-0.2, 0) is 21.4 Å². The highest BCUT2D eigenvalue weighted by Gasteiger charge is 2.28. The maximum atomic E-state index is 13.2. The molecule has 2 aromatic rings. The molecule has 9 heteroatoms. The zero-order valence-corrected chi connectivity index (χ0v) is 19.6. The third kappa shape index (κ3) is 6.46. The first-order valence-corrected chi connectivity index (χ1v) is 11.4. The molecule has 0 atom stereocenters. The van der Waals surface area contributed by atoms with E-state index < -0.39 is 21.5 Å². The average molecular weight is 508 g/mol. The number of rotatable bonds is 6. The van der Waals surface area contributed by atoms with Crippen molar-refractivity contribution in [2.75, 3.05) is 6.54 Å². The molecule has 0 saturated carbocycles. The Kier molecular flexibility index (Phi) is 7.56. The summed E-state index contributed by atoms with van der Waals surface area (Å²) >= 11 is 15.4. The van der Waals surface area contributed by atoms with Crippen molar-refractivity contribution in [3.05, 3.63) is 62.5 Å². The van der Waals surface area contributed by atoms with Gasteiger partial charge in [0.1, 0.15) is 0 Å². The fourth-order valence-electron chi connectivity index (χ4n) is 2.44. The number of carbonyl (C=O) groups is 1. The van der Waals surface area contributed by atoms with Crippen molar-refractivity contribution in [1.29, 1.82) is 0 Å². The summed E-state index contributed by atoms with van der Waals surface area (Å²) in [6.07, 6.45) is 0. The minimum absolute atomic E-state index is 0.0635. The highest BCUT2D eigenvalue weighted by molar-refractivity contribution is 9.10. The first-order valence-electron chi connectivity index (χ1n) is 8.39. The fraction of sp³-hybridized carbons (Fsp3) is 0.316. The monoisotopic (exact) mass is 506 g/mol. The summed E-state index contributed by atoms with van der Waals surface area (Å²) < 4.78 is 28.2. The first kappa shape index (κ1) is 23.2. The van der Waals surface area contributed by atoms with Crippen molar-refractivity contribution in [2.45, 2.75) is 37.8 Å². The van der Waals surface area contributed by atoms with Crippen LogP contribution < -0.4 is 5.32 Å². The second kappa shape index (κ2) is 9.13. The second-order valence-electron chi connectivity index (χ2n) is 7.26. The Morgan fingerprint density at radius 2 is 1.71 bits per heavy atom. The van der Waals surface area contributed by atoms with Crippen molar-refractivity contribution in [3.8, 4) is 0 Å². The standard InChI is InChI=1S/C19H21BrCl2N2O3S/c1-19(2,3)23-18(25)12-24(11-13-4-7-15(21)10-17(13)22)28(26,27)16-8-5-14(20)6-9-16/h4-10H,11-12H2,1-3H3,(H,23,25). The number of amides is 1. The third-order valence-corrected chi connectivity index (χ3v) is 6.57. The quantitative estimate of drug-likeness (QED) is 0.607. The summed E-state index contributed by atoms with van der Waals surface area (Å²) in [5.74, 6) is -0.404. The maximum Gasteiger partial charge on any atom is 0.243 e. The van der Waals surface area contributed by atoms with Crippen molar-refractivity contribution >= 4 is 55.1 Å². The molecule has 152 valence electrons. The van der Waals surface area contributed by atoms with E-state index in [9.17, 15) is 13.2 Å². The molecular weight excluding hydrogens is 487 g/mol. The Hall–Kier alpha value is -1.12. The van der Waals surface area contributed by atoms with Crippen LogP contribution in [0.2, 0.25) is 10.0 Å². The molecule has 28 heavy (non-hydrogen) atoms. The Balaban J connectivity index is 2.39. The van der Waals surface area contributed by atoms with E-state index in [0.29, 0.717) is 15.6 Å². The predicted octanol–water partition coefficient (Wildman–Crippen LogP) is 4.86. The van der Waals surface area contributed by atoms with E-state index in [2.05, 4.69) is 21.2 Å². The highest BCUT2D eigenvalue weighted by atomic mass is 79.9. The van der Waals surface area contributed by atoms with E-state index in [1.807, 2.05) is 20.8 Å². The van der Waals surface area contributed by atoms with Crippen LogP contribution in [0.4, 0.5) is 0 Å². The smallest absolute Gasteiger partial charge is 0.243 e. The molecule has 0 unspecified atom stereocenters. The van der Waals surface area contributed by atoms with Crippen molar-refractivity contribution in [3.63, 3.8) is 0 Å². The van der Waals surface area contributed by atoms with Crippen LogP contribution in [0.3, 0.4) is 0 Å². The fourth-order valence-corrected chi connectivity index (χ4v) is 4.55. The molecule has 0 aromatic heterocycles. The molecule has 2 aromatic carbocycles. The topological polar surface area (TPSA) is 66.5 Å². The van der Waals surface area contributed by atoms with Gasteiger partial charge < -0.3 is 5.32 Å². The lowest BCUT2D eigenvalue weighted by molar-refractivity contribution is -0.122. The number of hydrogen-bond donors (Lipinski definition) is 1. The average Bonchev–Trinajstić information content (AvgIpc) is 2.55. The number of hydrogen-bond acceptors (Lipinski definition) is 3. The van der Waals surface area contributed by atoms with E-state index in [4.69, 9.17) is 23.2 Å². The summed E-state index contributed by atoms with van der Waals surface area (Å²) in [5.41, 5.74) is 0.0671. The lowest BCUT2D eigenvalue weighted by atomic mass is 10.1. The molecule has 0 radical (unpaired) electrons. The van der Waals surface area contributed by atoms with Gasteiger partial charge in [0, 0.05) is 26.6 Å². The van der Waals surface area contributed by atoms with Crippen molar-refractivity contribution in [2.24, 2.45) is 0 Å². The van der Waals surface area contributed by atoms with Gasteiger partial charge in [0.25, 0.3) is 0 Å². The van der Waals surface area contributed by atoms with E-state index in [1.165, 1.54) is 18.2 Å². The molecule has 5 nitrogen and oxygen atoms in total. The summed E-state index contributed by atoms with van der Waals surface area (Å²) in [4.78, 5) is 12.5. The largest absolute Gasteiger partial charge is 0.350 e. The van der Waals surface area contributed by atoms with E-state index in [0.717, 1.165) is 8.78 Å². The van der Waals surface area contributed by atoms with E-state index in [-0.39, 0.29) is 18.0 Å². The van der Waals surface area contributed by atoms with Crippen molar-refractivity contribution < 1.29 is 13.2 Å². The molecule has 0 aliphatic carbocycles.